The molecule has 0 spiro atoms. The fourth-order valence-electron chi connectivity index (χ4n) is 1.56. The van der Waals surface area contributed by atoms with Gasteiger partial charge in [0.15, 0.2) is 0 Å². The Kier molecular flexibility index (Phi) is 5.91. The van der Waals surface area contributed by atoms with E-state index in [9.17, 15) is 17.6 Å². The average molecular weight is 308 g/mol. The predicted molar refractivity (Wildman–Crippen MR) is 71.1 cm³/mol. The molecule has 0 heterocycles. The van der Waals surface area contributed by atoms with Gasteiger partial charge in [-0.25, -0.2) is 15.2 Å². The second kappa shape index (κ2) is 7.23. The van der Waals surface area contributed by atoms with Gasteiger partial charge in [0.25, 0.3) is 0 Å². The zero-order chi connectivity index (χ0) is 16.0. The van der Waals surface area contributed by atoms with Crippen molar-refractivity contribution in [3.8, 4) is 0 Å². The number of hydrogen-bond donors (Lipinski definition) is 3. The quantitative estimate of drug-likeness (QED) is 0.262. The summed E-state index contributed by atoms with van der Waals surface area (Å²) in [6.45, 7) is 2.04. The number of aliphatic imine (C=N–C) groups is 1. The first-order valence-electron chi connectivity index (χ1n) is 5.95. The molecule has 118 valence electrons. The molecule has 0 bridgehead atoms. The van der Waals surface area contributed by atoms with Crippen LogP contribution in [0.15, 0.2) is 23.2 Å². The number of anilines is 1. The molecule has 1 atom stereocenters. The SMILES string of the molecule is COCC(C)N=C(NN)Nc1ccc(F)c(C(F)(F)F)c1. The minimum Gasteiger partial charge on any atom is -0.382 e. The van der Waals surface area contributed by atoms with Crippen LogP contribution in [0.1, 0.15) is 12.5 Å². The largest absolute Gasteiger partial charge is 0.419 e. The van der Waals surface area contributed by atoms with Crippen LogP contribution in [0.2, 0.25) is 0 Å². The van der Waals surface area contributed by atoms with E-state index in [0.717, 1.165) is 12.1 Å². The first-order chi connectivity index (χ1) is 9.77. The molecule has 1 rings (SSSR count). The van der Waals surface area contributed by atoms with Crippen molar-refractivity contribution >= 4 is 11.6 Å². The van der Waals surface area contributed by atoms with E-state index in [0.29, 0.717) is 12.7 Å². The zero-order valence-corrected chi connectivity index (χ0v) is 11.5. The van der Waals surface area contributed by atoms with Crippen LogP contribution in [0.25, 0.3) is 0 Å². The van der Waals surface area contributed by atoms with Crippen molar-refractivity contribution in [1.82, 2.24) is 5.43 Å². The molecule has 0 aromatic heterocycles. The Morgan fingerprint density at radius 2 is 2.10 bits per heavy atom. The lowest BCUT2D eigenvalue weighted by Crippen LogP contribution is -2.37. The number of ether oxygens (including phenoxy) is 1. The lowest BCUT2D eigenvalue weighted by molar-refractivity contribution is -0.139. The Labute approximate surface area is 119 Å². The number of benzene rings is 1. The summed E-state index contributed by atoms with van der Waals surface area (Å²) in [5.74, 6) is 3.93. The second-order valence-electron chi connectivity index (χ2n) is 4.24. The number of nitrogens with one attached hydrogen (secondary N) is 2. The first kappa shape index (κ1) is 17.2. The predicted octanol–water partition coefficient (Wildman–Crippen LogP) is 2.11. The second-order valence-corrected chi connectivity index (χ2v) is 4.24. The van der Waals surface area contributed by atoms with Gasteiger partial charge >= 0.3 is 6.18 Å². The molecular weight excluding hydrogens is 292 g/mol. The number of alkyl halides is 3. The summed E-state index contributed by atoms with van der Waals surface area (Å²) in [6, 6.07) is 2.25. The van der Waals surface area contributed by atoms with Gasteiger partial charge in [-0.15, -0.1) is 0 Å². The van der Waals surface area contributed by atoms with Crippen LogP contribution in [0, 0.1) is 5.82 Å². The van der Waals surface area contributed by atoms with Gasteiger partial charge in [0.1, 0.15) is 5.82 Å². The molecule has 0 aliphatic heterocycles. The van der Waals surface area contributed by atoms with E-state index in [1.165, 1.54) is 7.11 Å². The van der Waals surface area contributed by atoms with E-state index in [1.807, 2.05) is 0 Å². The van der Waals surface area contributed by atoms with Crippen molar-refractivity contribution in [2.24, 2.45) is 10.8 Å². The summed E-state index contributed by atoms with van der Waals surface area (Å²) in [6.07, 6.45) is -4.78. The van der Waals surface area contributed by atoms with Gasteiger partial charge in [-0.3, -0.25) is 5.43 Å². The van der Waals surface area contributed by atoms with Gasteiger partial charge in [0.05, 0.1) is 18.2 Å². The fourth-order valence-corrected chi connectivity index (χ4v) is 1.56. The first-order valence-corrected chi connectivity index (χ1v) is 5.95. The van der Waals surface area contributed by atoms with Crippen molar-refractivity contribution in [1.29, 1.82) is 0 Å². The average Bonchev–Trinajstić information content (AvgIpc) is 2.39. The van der Waals surface area contributed by atoms with Crippen LogP contribution in [0.5, 0.6) is 0 Å². The Morgan fingerprint density at radius 3 is 2.62 bits per heavy atom. The summed E-state index contributed by atoms with van der Waals surface area (Å²) in [7, 11) is 1.49. The number of methoxy groups -OCH3 is 1. The topological polar surface area (TPSA) is 71.7 Å². The minimum absolute atomic E-state index is 0.00467. The van der Waals surface area contributed by atoms with Crippen LogP contribution in [0.4, 0.5) is 23.2 Å². The molecular formula is C12H16F4N4O. The zero-order valence-electron chi connectivity index (χ0n) is 11.5. The summed E-state index contributed by atoms with van der Waals surface area (Å²) >= 11 is 0. The molecule has 0 amide bonds. The van der Waals surface area contributed by atoms with Crippen LogP contribution < -0.4 is 16.6 Å². The smallest absolute Gasteiger partial charge is 0.382 e. The molecule has 4 N–H and O–H groups in total. The van der Waals surface area contributed by atoms with Gasteiger partial charge in [-0.05, 0) is 25.1 Å². The third-order valence-electron chi connectivity index (χ3n) is 2.43. The van der Waals surface area contributed by atoms with E-state index in [2.05, 4.69) is 15.7 Å². The molecule has 0 radical (unpaired) electrons. The van der Waals surface area contributed by atoms with Crippen LogP contribution in [-0.2, 0) is 10.9 Å². The molecule has 21 heavy (non-hydrogen) atoms. The van der Waals surface area contributed by atoms with E-state index < -0.39 is 17.6 Å². The van der Waals surface area contributed by atoms with E-state index in [4.69, 9.17) is 10.6 Å². The third-order valence-corrected chi connectivity index (χ3v) is 2.43. The molecule has 5 nitrogen and oxygen atoms in total. The molecule has 1 aromatic carbocycles. The number of hydrogen-bond acceptors (Lipinski definition) is 3. The summed E-state index contributed by atoms with van der Waals surface area (Å²) in [4.78, 5) is 4.06. The minimum atomic E-state index is -4.78. The highest BCUT2D eigenvalue weighted by Crippen LogP contribution is 2.32. The van der Waals surface area contributed by atoms with Crippen LogP contribution in [-0.4, -0.2) is 25.7 Å². The summed E-state index contributed by atoms with van der Waals surface area (Å²) in [5, 5.41) is 2.55. The Morgan fingerprint density at radius 1 is 1.43 bits per heavy atom. The maximum Gasteiger partial charge on any atom is 0.419 e. The van der Waals surface area contributed by atoms with E-state index in [1.54, 1.807) is 6.92 Å². The highest BCUT2D eigenvalue weighted by molar-refractivity contribution is 5.93. The molecule has 1 aromatic rings. The number of hydrazine groups is 1. The summed E-state index contributed by atoms with van der Waals surface area (Å²) < 4.78 is 55.8. The molecule has 0 saturated carbocycles. The number of rotatable bonds is 4. The number of nitrogens with two attached hydrogens (primary N) is 1. The Bertz CT molecular complexity index is 505. The Hall–Kier alpha value is -1.87. The lowest BCUT2D eigenvalue weighted by Gasteiger charge is -2.14. The highest BCUT2D eigenvalue weighted by atomic mass is 19.4. The van der Waals surface area contributed by atoms with Crippen molar-refractivity contribution in [3.05, 3.63) is 29.6 Å². The van der Waals surface area contributed by atoms with Gasteiger partial charge in [-0.2, -0.15) is 13.2 Å². The lowest BCUT2D eigenvalue weighted by atomic mass is 10.2. The molecule has 0 saturated heterocycles. The number of nitrogens with zero attached hydrogens (tertiary/aromatic N) is 1. The molecule has 9 heteroatoms. The van der Waals surface area contributed by atoms with Crippen molar-refractivity contribution in [2.75, 3.05) is 19.0 Å². The maximum absolute atomic E-state index is 13.2. The van der Waals surface area contributed by atoms with Gasteiger partial charge < -0.3 is 10.1 Å². The van der Waals surface area contributed by atoms with Gasteiger partial charge in [0.2, 0.25) is 5.96 Å². The van der Waals surface area contributed by atoms with Gasteiger partial charge in [-0.1, -0.05) is 0 Å². The van der Waals surface area contributed by atoms with Crippen LogP contribution in [0.3, 0.4) is 0 Å². The van der Waals surface area contributed by atoms with Crippen LogP contribution >= 0.6 is 0 Å². The fraction of sp³-hybridized carbons (Fsp3) is 0.417. The Balaban J connectivity index is 2.96. The molecule has 0 fully saturated rings. The van der Waals surface area contributed by atoms with E-state index >= 15 is 0 Å². The van der Waals surface area contributed by atoms with E-state index in [-0.39, 0.29) is 17.7 Å². The van der Waals surface area contributed by atoms with Gasteiger partial charge in [0, 0.05) is 12.8 Å². The maximum atomic E-state index is 13.2. The van der Waals surface area contributed by atoms with Crippen molar-refractivity contribution < 1.29 is 22.3 Å². The highest BCUT2D eigenvalue weighted by Gasteiger charge is 2.34. The van der Waals surface area contributed by atoms with Crippen molar-refractivity contribution in [3.63, 3.8) is 0 Å². The molecule has 0 aliphatic carbocycles. The summed E-state index contributed by atoms with van der Waals surface area (Å²) in [5.41, 5.74) is 0.859. The number of guanidine groups is 1. The number of halogens is 4. The monoisotopic (exact) mass is 308 g/mol. The van der Waals surface area contributed by atoms with Crippen molar-refractivity contribution in [2.45, 2.75) is 19.1 Å². The standard InChI is InChI=1S/C12H16F4N4O/c1-7(6-21-2)18-11(20-17)19-8-3-4-10(13)9(5-8)12(14,15)16/h3-5,7H,6,17H2,1-2H3,(H2,18,19,20). The molecule has 1 unspecified atom stereocenters. The molecule has 0 aliphatic rings. The third kappa shape index (κ3) is 5.20. The normalized spacial score (nSPS) is 14.0.